The SMILES string of the molecule is C[C@H](NCc1c(C#Cc2ccc(F)cc2)sc2c1CC(C)(C)OC2)c1ccc(C(=O)O)cc1. The first kappa shape index (κ1) is 23.2. The molecule has 0 saturated carbocycles. The van der Waals surface area contributed by atoms with Crippen LogP contribution in [0.2, 0.25) is 0 Å². The second-order valence-electron chi connectivity index (χ2n) is 8.82. The Hall–Kier alpha value is -2.98. The van der Waals surface area contributed by atoms with Gasteiger partial charge in [0.15, 0.2) is 0 Å². The zero-order valence-electron chi connectivity index (χ0n) is 18.9. The normalized spacial score (nSPS) is 15.3. The lowest BCUT2D eigenvalue weighted by molar-refractivity contribution is -0.0385. The molecule has 1 aromatic heterocycles. The number of fused-ring (bicyclic) bond motifs is 1. The van der Waals surface area contributed by atoms with Gasteiger partial charge >= 0.3 is 5.97 Å². The van der Waals surface area contributed by atoms with E-state index in [1.54, 1.807) is 35.6 Å². The summed E-state index contributed by atoms with van der Waals surface area (Å²) < 4.78 is 19.2. The number of carboxylic acids is 1. The first-order valence-corrected chi connectivity index (χ1v) is 11.6. The first-order chi connectivity index (χ1) is 15.7. The van der Waals surface area contributed by atoms with Crippen LogP contribution in [-0.4, -0.2) is 16.7 Å². The summed E-state index contributed by atoms with van der Waals surface area (Å²) in [6, 6.07) is 13.2. The van der Waals surface area contributed by atoms with E-state index in [1.165, 1.54) is 28.1 Å². The van der Waals surface area contributed by atoms with Crippen molar-refractivity contribution in [3.05, 3.63) is 91.9 Å². The topological polar surface area (TPSA) is 58.6 Å². The van der Waals surface area contributed by atoms with Gasteiger partial charge in [-0.2, -0.15) is 0 Å². The van der Waals surface area contributed by atoms with Crippen LogP contribution in [0.15, 0.2) is 48.5 Å². The lowest BCUT2D eigenvalue weighted by Crippen LogP contribution is -2.32. The number of hydrogen-bond acceptors (Lipinski definition) is 4. The van der Waals surface area contributed by atoms with Crippen molar-refractivity contribution in [2.75, 3.05) is 0 Å². The van der Waals surface area contributed by atoms with E-state index in [2.05, 4.69) is 37.9 Å². The van der Waals surface area contributed by atoms with Gasteiger partial charge in [0.2, 0.25) is 0 Å². The number of aromatic carboxylic acids is 1. The van der Waals surface area contributed by atoms with Gasteiger partial charge in [-0.3, -0.25) is 0 Å². The van der Waals surface area contributed by atoms with Crippen molar-refractivity contribution >= 4 is 17.3 Å². The van der Waals surface area contributed by atoms with Gasteiger partial charge in [0.05, 0.1) is 22.6 Å². The predicted octanol–water partition coefficient (Wildman–Crippen LogP) is 5.69. The van der Waals surface area contributed by atoms with Crippen molar-refractivity contribution in [1.29, 1.82) is 0 Å². The van der Waals surface area contributed by atoms with Gasteiger partial charge in [-0.25, -0.2) is 9.18 Å². The molecule has 1 aliphatic rings. The van der Waals surface area contributed by atoms with Crippen molar-refractivity contribution in [1.82, 2.24) is 5.32 Å². The highest BCUT2D eigenvalue weighted by Crippen LogP contribution is 2.37. The monoisotopic (exact) mass is 463 g/mol. The largest absolute Gasteiger partial charge is 0.478 e. The second-order valence-corrected chi connectivity index (χ2v) is 9.93. The molecule has 0 radical (unpaired) electrons. The average molecular weight is 464 g/mol. The lowest BCUT2D eigenvalue weighted by Gasteiger charge is -2.30. The Morgan fingerprint density at radius 2 is 1.88 bits per heavy atom. The molecule has 1 atom stereocenters. The number of thiophene rings is 1. The molecule has 2 N–H and O–H groups in total. The van der Waals surface area contributed by atoms with E-state index >= 15 is 0 Å². The number of benzene rings is 2. The number of ether oxygens (including phenoxy) is 1. The van der Waals surface area contributed by atoms with Crippen LogP contribution in [0, 0.1) is 17.7 Å². The fraction of sp³-hybridized carbons (Fsp3) is 0.296. The molecule has 0 bridgehead atoms. The van der Waals surface area contributed by atoms with E-state index in [0.29, 0.717) is 13.2 Å². The molecule has 2 heterocycles. The number of carbonyl (C=O) groups is 1. The van der Waals surface area contributed by atoms with Crippen molar-refractivity contribution < 1.29 is 19.0 Å². The van der Waals surface area contributed by atoms with Gasteiger partial charge in [-0.15, -0.1) is 11.3 Å². The Morgan fingerprint density at radius 3 is 2.55 bits per heavy atom. The molecule has 0 unspecified atom stereocenters. The summed E-state index contributed by atoms with van der Waals surface area (Å²) in [4.78, 5) is 13.3. The van der Waals surface area contributed by atoms with Crippen LogP contribution in [0.3, 0.4) is 0 Å². The summed E-state index contributed by atoms with van der Waals surface area (Å²) in [5.41, 5.74) is 4.30. The fourth-order valence-electron chi connectivity index (χ4n) is 3.85. The average Bonchev–Trinajstić information content (AvgIpc) is 3.12. The van der Waals surface area contributed by atoms with E-state index in [1.807, 2.05) is 12.1 Å². The van der Waals surface area contributed by atoms with E-state index < -0.39 is 5.97 Å². The highest BCUT2D eigenvalue weighted by Gasteiger charge is 2.30. The number of nitrogens with one attached hydrogen (secondary N) is 1. The highest BCUT2D eigenvalue weighted by molar-refractivity contribution is 7.12. The van der Waals surface area contributed by atoms with Gasteiger partial charge in [-0.05, 0) is 73.9 Å². The smallest absolute Gasteiger partial charge is 0.335 e. The summed E-state index contributed by atoms with van der Waals surface area (Å²) in [5, 5.41) is 12.7. The van der Waals surface area contributed by atoms with Crippen LogP contribution < -0.4 is 5.32 Å². The van der Waals surface area contributed by atoms with Crippen molar-refractivity contribution in [2.24, 2.45) is 0 Å². The molecule has 4 rings (SSSR count). The van der Waals surface area contributed by atoms with Crippen LogP contribution in [-0.2, 0) is 24.3 Å². The minimum Gasteiger partial charge on any atom is -0.478 e. The highest BCUT2D eigenvalue weighted by atomic mass is 32.1. The summed E-state index contributed by atoms with van der Waals surface area (Å²) in [6.45, 7) is 7.47. The number of hydrogen-bond donors (Lipinski definition) is 2. The van der Waals surface area contributed by atoms with Crippen LogP contribution in [0.25, 0.3) is 0 Å². The van der Waals surface area contributed by atoms with Crippen LogP contribution >= 0.6 is 11.3 Å². The maximum Gasteiger partial charge on any atom is 0.335 e. The Labute approximate surface area is 197 Å². The zero-order chi connectivity index (χ0) is 23.6. The first-order valence-electron chi connectivity index (χ1n) is 10.8. The van der Waals surface area contributed by atoms with E-state index in [0.717, 1.165) is 22.4 Å². The van der Waals surface area contributed by atoms with Gasteiger partial charge in [-0.1, -0.05) is 24.0 Å². The Balaban J connectivity index is 1.59. The summed E-state index contributed by atoms with van der Waals surface area (Å²) in [6.07, 6.45) is 0.815. The molecule has 170 valence electrons. The summed E-state index contributed by atoms with van der Waals surface area (Å²) in [5.74, 6) is 5.26. The molecule has 0 amide bonds. The number of carboxylic acid groups (broad SMARTS) is 1. The minimum atomic E-state index is -0.929. The zero-order valence-corrected chi connectivity index (χ0v) is 19.7. The van der Waals surface area contributed by atoms with E-state index in [9.17, 15) is 9.18 Å². The Bertz CT molecular complexity index is 1220. The number of rotatable bonds is 5. The summed E-state index contributed by atoms with van der Waals surface area (Å²) in [7, 11) is 0. The van der Waals surface area contributed by atoms with Crippen LogP contribution in [0.1, 0.15) is 69.2 Å². The number of halogens is 1. The Morgan fingerprint density at radius 1 is 1.18 bits per heavy atom. The third kappa shape index (κ3) is 5.51. The lowest BCUT2D eigenvalue weighted by atomic mass is 9.92. The maximum absolute atomic E-state index is 13.2. The van der Waals surface area contributed by atoms with Crippen LogP contribution in [0.5, 0.6) is 0 Å². The molecular weight excluding hydrogens is 437 g/mol. The van der Waals surface area contributed by atoms with Crippen molar-refractivity contribution in [3.63, 3.8) is 0 Å². The van der Waals surface area contributed by atoms with E-state index in [4.69, 9.17) is 9.84 Å². The van der Waals surface area contributed by atoms with Gasteiger partial charge < -0.3 is 15.2 Å². The second kappa shape index (κ2) is 9.48. The standard InChI is InChI=1S/C27H26FNO3S/c1-17(19-7-9-20(10-8-19)26(30)31)29-15-23-22-14-27(2,3)32-16-25(22)33-24(23)13-6-18-4-11-21(28)12-5-18/h4-5,7-12,17,29H,14-16H2,1-3H3,(H,30,31)/t17-/m0/s1. The molecule has 0 saturated heterocycles. The molecule has 33 heavy (non-hydrogen) atoms. The molecular formula is C27H26FNO3S. The summed E-state index contributed by atoms with van der Waals surface area (Å²) >= 11 is 1.66. The molecule has 4 nitrogen and oxygen atoms in total. The quantitative estimate of drug-likeness (QED) is 0.478. The van der Waals surface area contributed by atoms with Gasteiger partial charge in [0.1, 0.15) is 5.82 Å². The van der Waals surface area contributed by atoms with Crippen LogP contribution in [0.4, 0.5) is 4.39 Å². The molecule has 6 heteroatoms. The van der Waals surface area contributed by atoms with Crippen molar-refractivity contribution in [2.45, 2.75) is 52.0 Å². The third-order valence-electron chi connectivity index (χ3n) is 5.80. The molecule has 0 fully saturated rings. The van der Waals surface area contributed by atoms with Gasteiger partial charge in [0.25, 0.3) is 0 Å². The maximum atomic E-state index is 13.2. The molecule has 0 aliphatic carbocycles. The predicted molar refractivity (Wildman–Crippen MR) is 128 cm³/mol. The molecule has 0 spiro atoms. The van der Waals surface area contributed by atoms with Gasteiger partial charge in [0, 0.05) is 29.4 Å². The van der Waals surface area contributed by atoms with E-state index in [-0.39, 0.29) is 23.0 Å². The fourth-order valence-corrected chi connectivity index (χ4v) is 4.95. The third-order valence-corrected chi connectivity index (χ3v) is 6.97. The van der Waals surface area contributed by atoms with Crippen molar-refractivity contribution in [3.8, 4) is 11.8 Å². The Kier molecular flexibility index (Phi) is 6.66. The molecule has 2 aromatic carbocycles. The molecule has 3 aromatic rings. The molecule has 1 aliphatic heterocycles. The minimum absolute atomic E-state index is 0.0363.